The van der Waals surface area contributed by atoms with Gasteiger partial charge in [0.2, 0.25) is 5.91 Å². The number of carbonyl (C=O) groups excluding carboxylic acids is 2. The Kier molecular flexibility index (Phi) is 18.5. The zero-order chi connectivity index (χ0) is 35.9. The van der Waals surface area contributed by atoms with Gasteiger partial charge in [-0.15, -0.1) is 0 Å². The van der Waals surface area contributed by atoms with Gasteiger partial charge in [-0.3, -0.25) is 4.79 Å². The Morgan fingerprint density at radius 2 is 1.15 bits per heavy atom. The van der Waals surface area contributed by atoms with E-state index in [2.05, 4.69) is 119 Å². The molecule has 48 heavy (non-hydrogen) atoms. The van der Waals surface area contributed by atoms with Crippen LogP contribution in [0.2, 0.25) is 10.0 Å². The van der Waals surface area contributed by atoms with Gasteiger partial charge in [0.15, 0.2) is 0 Å². The third kappa shape index (κ3) is 18.9. The lowest BCUT2D eigenvalue weighted by atomic mass is 9.92. The van der Waals surface area contributed by atoms with Gasteiger partial charge in [-0.1, -0.05) is 112 Å². The quantitative estimate of drug-likeness (QED) is 0.0982. The molecule has 0 aliphatic carbocycles. The van der Waals surface area contributed by atoms with Crippen molar-refractivity contribution in [2.75, 3.05) is 13.1 Å². The molecular formula is C34H43Cl2I3N6O3. The molecule has 4 rings (SSSR count). The minimum atomic E-state index is -0.486. The molecule has 4 N–H and O–H groups in total. The Hall–Kier alpha value is -1.63. The van der Waals surface area contributed by atoms with Crippen molar-refractivity contribution in [2.24, 2.45) is 5.41 Å². The molecule has 0 spiro atoms. The molecule has 0 bridgehead atoms. The number of benzene rings is 2. The van der Waals surface area contributed by atoms with Crippen LogP contribution in [0, 0.1) is 5.41 Å². The van der Waals surface area contributed by atoms with E-state index >= 15 is 0 Å². The first-order chi connectivity index (χ1) is 22.4. The number of amides is 2. The molecule has 0 radical (unpaired) electrons. The van der Waals surface area contributed by atoms with Crippen LogP contribution in [0.3, 0.4) is 0 Å². The summed E-state index contributed by atoms with van der Waals surface area (Å²) in [6, 6.07) is 15.0. The van der Waals surface area contributed by atoms with Gasteiger partial charge in [0.1, 0.15) is 17.2 Å². The molecule has 2 aromatic heterocycles. The fourth-order valence-corrected chi connectivity index (χ4v) is 4.23. The summed E-state index contributed by atoms with van der Waals surface area (Å²) in [4.78, 5) is 38.5. The maximum atomic E-state index is 11.8. The fourth-order valence-electron chi connectivity index (χ4n) is 3.98. The lowest BCUT2D eigenvalue weighted by Crippen LogP contribution is -2.33. The van der Waals surface area contributed by atoms with Gasteiger partial charge in [0, 0.05) is 77.3 Å². The number of aromatic amines is 2. The van der Waals surface area contributed by atoms with Crippen LogP contribution in [-0.4, -0.2) is 50.6 Å². The number of halogens is 5. The van der Waals surface area contributed by atoms with Gasteiger partial charge in [0.25, 0.3) is 0 Å². The van der Waals surface area contributed by atoms with Crippen molar-refractivity contribution in [3.63, 3.8) is 0 Å². The SMILES string of the molecule is CC(C)(C)CC(=O)NCCc1cnc(-c2ccc(Cl)cc2)[nH]1.CC(C)(C)OC(=O)NCCc1cnc(-c2ccc(Cl)cc2)[nH]1.IC(I)I. The number of rotatable bonds is 9. The maximum absolute atomic E-state index is 11.8. The largest absolute Gasteiger partial charge is 0.444 e. The Bertz CT molecular complexity index is 1430. The van der Waals surface area contributed by atoms with Crippen LogP contribution in [0.15, 0.2) is 60.9 Å². The number of nitrogens with zero attached hydrogens (tertiary/aromatic N) is 2. The summed E-state index contributed by atoms with van der Waals surface area (Å²) >= 11 is 18.7. The number of nitrogens with one attached hydrogen (secondary N) is 4. The second kappa shape index (κ2) is 20.9. The Morgan fingerprint density at radius 1 is 0.750 bits per heavy atom. The highest BCUT2D eigenvalue weighted by Crippen LogP contribution is 2.21. The highest BCUT2D eigenvalue weighted by atomic mass is 127. The smallest absolute Gasteiger partial charge is 0.407 e. The average Bonchev–Trinajstić information content (AvgIpc) is 3.62. The molecule has 0 atom stereocenters. The molecular weight excluding hydrogens is 992 g/mol. The molecule has 9 nitrogen and oxygen atoms in total. The number of imidazole rings is 2. The van der Waals surface area contributed by atoms with Crippen LogP contribution in [0.4, 0.5) is 4.79 Å². The fraction of sp³-hybridized carbons (Fsp3) is 0.412. The van der Waals surface area contributed by atoms with Gasteiger partial charge in [-0.25, -0.2) is 14.8 Å². The van der Waals surface area contributed by atoms with E-state index in [1.165, 1.54) is 0 Å². The number of carbonyl (C=O) groups is 2. The van der Waals surface area contributed by atoms with E-state index in [1.807, 2.05) is 69.3 Å². The van der Waals surface area contributed by atoms with Gasteiger partial charge < -0.3 is 25.3 Å². The molecule has 0 saturated heterocycles. The van der Waals surface area contributed by atoms with Crippen molar-refractivity contribution < 1.29 is 14.3 Å². The molecule has 0 unspecified atom stereocenters. The van der Waals surface area contributed by atoms with Crippen molar-refractivity contribution in [1.82, 2.24) is 30.6 Å². The Balaban J connectivity index is 0.000000300. The molecule has 2 aromatic carbocycles. The van der Waals surface area contributed by atoms with Crippen molar-refractivity contribution in [3.05, 3.63) is 82.4 Å². The van der Waals surface area contributed by atoms with Crippen molar-refractivity contribution in [2.45, 2.75) is 66.3 Å². The van der Waals surface area contributed by atoms with Gasteiger partial charge in [-0.05, 0) is 74.7 Å². The standard InChI is InChI=1S/C17H22ClN3O.C16H20ClN3O2.CHI3/c1-17(2,3)10-15(22)19-9-8-14-11-20-16(21-14)12-4-6-13(18)7-5-12;1-16(2,3)22-15(21)18-9-8-13-10-19-14(20-13)11-4-6-12(17)7-5-11;2-1(3)4/h4-7,11H,8-10H2,1-3H3,(H,19,22)(H,20,21);4-7,10H,8-9H2,1-3H3,(H,18,21)(H,19,20);1H. The summed E-state index contributed by atoms with van der Waals surface area (Å²) in [5.74, 6) is 1.68. The molecule has 0 aliphatic heterocycles. The summed E-state index contributed by atoms with van der Waals surface area (Å²) in [7, 11) is 0. The number of hydrogen-bond acceptors (Lipinski definition) is 5. The zero-order valence-electron chi connectivity index (χ0n) is 27.9. The van der Waals surface area contributed by atoms with E-state index in [1.54, 1.807) is 12.4 Å². The van der Waals surface area contributed by atoms with Crippen LogP contribution in [0.1, 0.15) is 59.4 Å². The summed E-state index contributed by atoms with van der Waals surface area (Å²) < 4.78 is 5.92. The van der Waals surface area contributed by atoms with Crippen LogP contribution in [-0.2, 0) is 22.4 Å². The number of aromatic nitrogens is 4. The predicted molar refractivity (Wildman–Crippen MR) is 223 cm³/mol. The normalized spacial score (nSPS) is 11.2. The van der Waals surface area contributed by atoms with Crippen molar-refractivity contribution >= 4 is 103 Å². The number of hydrogen-bond donors (Lipinski definition) is 4. The van der Waals surface area contributed by atoms with Gasteiger partial charge >= 0.3 is 6.09 Å². The lowest BCUT2D eigenvalue weighted by Gasteiger charge is -2.19. The first-order valence-electron chi connectivity index (χ1n) is 15.2. The highest BCUT2D eigenvalue weighted by Gasteiger charge is 2.16. The lowest BCUT2D eigenvalue weighted by molar-refractivity contribution is -0.122. The van der Waals surface area contributed by atoms with Crippen LogP contribution in [0.25, 0.3) is 22.8 Å². The highest BCUT2D eigenvalue weighted by molar-refractivity contribution is 14.3. The average molecular weight is 1040 g/mol. The third-order valence-electron chi connectivity index (χ3n) is 5.96. The molecule has 4 aromatic rings. The maximum Gasteiger partial charge on any atom is 0.407 e. The molecule has 0 fully saturated rings. The van der Waals surface area contributed by atoms with E-state index in [-0.39, 0.29) is 11.3 Å². The molecule has 2 amide bonds. The number of H-pyrrole nitrogens is 2. The molecule has 14 heteroatoms. The number of ether oxygens (including phenoxy) is 1. The summed E-state index contributed by atoms with van der Waals surface area (Å²) in [6.45, 7) is 12.8. The Labute approximate surface area is 334 Å². The second-order valence-corrected chi connectivity index (χ2v) is 24.6. The molecule has 262 valence electrons. The first kappa shape index (κ1) is 42.5. The topological polar surface area (TPSA) is 125 Å². The predicted octanol–water partition coefficient (Wildman–Crippen LogP) is 10.2. The van der Waals surface area contributed by atoms with Gasteiger partial charge in [0.05, 0.1) is 0 Å². The van der Waals surface area contributed by atoms with E-state index in [4.69, 9.17) is 27.9 Å². The van der Waals surface area contributed by atoms with Crippen LogP contribution < -0.4 is 10.6 Å². The number of alkyl halides is 3. The van der Waals surface area contributed by atoms with E-state index in [0.29, 0.717) is 36.0 Å². The van der Waals surface area contributed by atoms with E-state index in [0.717, 1.165) is 40.5 Å². The molecule has 0 saturated carbocycles. The first-order valence-corrected chi connectivity index (χ1v) is 19.6. The van der Waals surface area contributed by atoms with Crippen molar-refractivity contribution in [1.29, 1.82) is 0 Å². The minimum Gasteiger partial charge on any atom is -0.444 e. The van der Waals surface area contributed by atoms with E-state index in [9.17, 15) is 9.59 Å². The summed E-state index contributed by atoms with van der Waals surface area (Å²) in [5.41, 5.74) is 3.44. The second-order valence-electron chi connectivity index (χ2n) is 12.8. The molecule has 0 aliphatic rings. The summed E-state index contributed by atoms with van der Waals surface area (Å²) in [6.07, 6.45) is 5.08. The van der Waals surface area contributed by atoms with Crippen LogP contribution >= 0.6 is 91.0 Å². The third-order valence-corrected chi connectivity index (χ3v) is 6.47. The molecule has 2 heterocycles. The van der Waals surface area contributed by atoms with E-state index < -0.39 is 11.7 Å². The van der Waals surface area contributed by atoms with Crippen LogP contribution in [0.5, 0.6) is 0 Å². The number of alkyl carbamates (subject to hydrolysis) is 1. The summed E-state index contributed by atoms with van der Waals surface area (Å²) in [5, 5.41) is 7.06. The monoisotopic (exact) mass is 1030 g/mol. The zero-order valence-corrected chi connectivity index (χ0v) is 35.9. The van der Waals surface area contributed by atoms with Crippen molar-refractivity contribution in [3.8, 4) is 22.8 Å². The van der Waals surface area contributed by atoms with Gasteiger partial charge in [-0.2, -0.15) is 0 Å². The Morgan fingerprint density at radius 3 is 1.52 bits per heavy atom. The minimum absolute atomic E-state index is 0.0137.